The van der Waals surface area contributed by atoms with Gasteiger partial charge in [0.2, 0.25) is 0 Å². The van der Waals surface area contributed by atoms with Crippen molar-refractivity contribution in [1.82, 2.24) is 15.1 Å². The van der Waals surface area contributed by atoms with E-state index >= 15 is 0 Å². The van der Waals surface area contributed by atoms with E-state index in [1.165, 1.54) is 0 Å². The van der Waals surface area contributed by atoms with Crippen LogP contribution < -0.4 is 11.1 Å². The molecular weight excluding hydrogens is 400 g/mol. The lowest BCUT2D eigenvalue weighted by molar-refractivity contribution is 0.0669. The highest BCUT2D eigenvalue weighted by molar-refractivity contribution is 7.80. The summed E-state index contributed by atoms with van der Waals surface area (Å²) < 4.78 is 10.3. The summed E-state index contributed by atoms with van der Waals surface area (Å²) >= 11 is 9.95. The summed E-state index contributed by atoms with van der Waals surface area (Å²) in [6.07, 6.45) is 0. The third-order valence-electron chi connectivity index (χ3n) is 3.88. The van der Waals surface area contributed by atoms with E-state index in [0.29, 0.717) is 29.0 Å². The zero-order valence-electron chi connectivity index (χ0n) is 16.0. The van der Waals surface area contributed by atoms with Gasteiger partial charge >= 0.3 is 0 Å². The maximum atomic E-state index is 11.8. The van der Waals surface area contributed by atoms with Crippen LogP contribution in [0.15, 0.2) is 30.3 Å². The highest BCUT2D eigenvalue weighted by atomic mass is 32.1. The van der Waals surface area contributed by atoms with Crippen LogP contribution in [0.5, 0.6) is 0 Å². The molecule has 10 heteroatoms. The number of hydrogen-bond donors (Lipinski definition) is 3. The lowest BCUT2D eigenvalue weighted by Gasteiger charge is -2.28. The van der Waals surface area contributed by atoms with Crippen LogP contribution >= 0.6 is 24.4 Å². The van der Waals surface area contributed by atoms with Gasteiger partial charge in [-0.15, -0.1) is 0 Å². The Balaban J connectivity index is 0.000000301. The Labute approximate surface area is 176 Å². The molecule has 2 saturated heterocycles. The number of aliphatic hydroxyl groups is 1. The van der Waals surface area contributed by atoms with Crippen molar-refractivity contribution in [2.24, 2.45) is 5.73 Å². The van der Waals surface area contributed by atoms with Crippen LogP contribution in [0.4, 0.5) is 0 Å². The minimum atomic E-state index is -0.165. The van der Waals surface area contributed by atoms with Crippen LogP contribution in [0, 0.1) is 0 Å². The first-order chi connectivity index (χ1) is 13.6. The average Bonchev–Trinajstić information content (AvgIpc) is 2.77. The number of amides is 1. The zero-order valence-corrected chi connectivity index (χ0v) is 17.6. The Hall–Kier alpha value is -1.85. The Kier molecular flexibility index (Phi) is 12.3. The molecule has 8 nitrogen and oxygen atoms in total. The van der Waals surface area contributed by atoms with E-state index in [1.807, 2.05) is 28.0 Å². The fourth-order valence-corrected chi connectivity index (χ4v) is 2.85. The molecule has 0 aromatic heterocycles. The number of nitrogens with zero attached hydrogens (tertiary/aromatic N) is 2. The van der Waals surface area contributed by atoms with Gasteiger partial charge in [-0.2, -0.15) is 0 Å². The molecule has 0 bridgehead atoms. The van der Waals surface area contributed by atoms with E-state index in [2.05, 4.69) is 5.32 Å². The van der Waals surface area contributed by atoms with Crippen molar-refractivity contribution in [2.75, 3.05) is 59.7 Å². The Morgan fingerprint density at radius 3 is 1.86 bits per heavy atom. The van der Waals surface area contributed by atoms with Crippen LogP contribution in [-0.2, 0) is 9.47 Å². The normalized spacial score (nSPS) is 15.9. The second kappa shape index (κ2) is 14.2. The summed E-state index contributed by atoms with van der Waals surface area (Å²) in [6, 6.07) is 9.05. The van der Waals surface area contributed by atoms with Gasteiger partial charge in [0.1, 0.15) is 0 Å². The first-order valence-electron chi connectivity index (χ1n) is 8.88. The van der Waals surface area contributed by atoms with Gasteiger partial charge in [0, 0.05) is 38.9 Å². The largest absolute Gasteiger partial charge is 0.400 e. The molecule has 2 aliphatic rings. The molecule has 0 atom stereocenters. The van der Waals surface area contributed by atoms with Gasteiger partial charge in [-0.1, -0.05) is 18.2 Å². The average molecular weight is 429 g/mol. The lowest BCUT2D eigenvalue weighted by Crippen LogP contribution is -2.47. The van der Waals surface area contributed by atoms with Crippen molar-refractivity contribution in [3.63, 3.8) is 0 Å². The van der Waals surface area contributed by atoms with Crippen molar-refractivity contribution < 1.29 is 19.4 Å². The highest BCUT2D eigenvalue weighted by Crippen LogP contribution is 2.01. The molecule has 1 amide bonds. The minimum absolute atomic E-state index is 0.165. The van der Waals surface area contributed by atoms with E-state index in [1.54, 1.807) is 12.1 Å². The van der Waals surface area contributed by atoms with Crippen LogP contribution in [0.25, 0.3) is 0 Å². The summed E-state index contributed by atoms with van der Waals surface area (Å²) in [6.45, 7) is 5.95. The van der Waals surface area contributed by atoms with Gasteiger partial charge < -0.3 is 30.1 Å². The molecule has 2 aliphatic heterocycles. The van der Waals surface area contributed by atoms with Crippen molar-refractivity contribution in [3.8, 4) is 0 Å². The number of carbonyl (C=O) groups excluding carboxylic acids is 1. The third kappa shape index (κ3) is 8.89. The van der Waals surface area contributed by atoms with Crippen LogP contribution in [0.3, 0.4) is 0 Å². The summed E-state index contributed by atoms with van der Waals surface area (Å²) in [5, 5.41) is 10.7. The first kappa shape index (κ1) is 24.2. The molecule has 28 heavy (non-hydrogen) atoms. The van der Waals surface area contributed by atoms with E-state index in [0.717, 1.165) is 46.5 Å². The molecule has 0 unspecified atom stereocenters. The predicted octanol–water partition coefficient (Wildman–Crippen LogP) is 0.204. The van der Waals surface area contributed by atoms with Crippen LogP contribution in [0.1, 0.15) is 10.4 Å². The van der Waals surface area contributed by atoms with Gasteiger partial charge in [0.15, 0.2) is 10.2 Å². The smallest absolute Gasteiger partial charge is 0.257 e. The van der Waals surface area contributed by atoms with Crippen molar-refractivity contribution >= 4 is 40.6 Å². The predicted molar refractivity (Wildman–Crippen MR) is 116 cm³/mol. The fraction of sp³-hybridized carbons (Fsp3) is 0.500. The number of thiocarbonyl (C=S) groups is 2. The number of ether oxygens (including phenoxy) is 2. The minimum Gasteiger partial charge on any atom is -0.400 e. The molecule has 156 valence electrons. The number of morpholine rings is 2. The van der Waals surface area contributed by atoms with E-state index < -0.39 is 0 Å². The maximum Gasteiger partial charge on any atom is 0.257 e. The van der Waals surface area contributed by atoms with Crippen molar-refractivity contribution in [3.05, 3.63) is 35.9 Å². The second-order valence-electron chi connectivity index (χ2n) is 5.66. The van der Waals surface area contributed by atoms with Crippen molar-refractivity contribution in [1.29, 1.82) is 0 Å². The molecule has 2 heterocycles. The number of benzene rings is 1. The third-order valence-corrected chi connectivity index (χ3v) is 4.50. The molecule has 0 radical (unpaired) electrons. The van der Waals surface area contributed by atoms with E-state index in [4.69, 9.17) is 44.7 Å². The number of nitrogens with one attached hydrogen (secondary N) is 1. The molecule has 4 N–H and O–H groups in total. The standard InChI is InChI=1S/C12H14N2O2S.C5H10N2OS.CH4O/c15-11(10-4-2-1-3-5-10)13-12(17)14-6-8-16-9-7-14;6-5(9)7-1-3-8-4-2-7;1-2/h1-5H,6-9H2,(H,13,15,17);1-4H2,(H2,6,9);2H,1H3. The number of aliphatic hydroxyl groups excluding tert-OH is 1. The summed E-state index contributed by atoms with van der Waals surface area (Å²) in [5.41, 5.74) is 5.98. The Morgan fingerprint density at radius 2 is 1.43 bits per heavy atom. The molecule has 0 spiro atoms. The molecule has 1 aromatic carbocycles. The molecule has 1 aromatic rings. The van der Waals surface area contributed by atoms with Gasteiger partial charge in [0.25, 0.3) is 5.91 Å². The van der Waals surface area contributed by atoms with Crippen molar-refractivity contribution in [2.45, 2.75) is 0 Å². The van der Waals surface area contributed by atoms with Crippen LogP contribution in [0.2, 0.25) is 0 Å². The monoisotopic (exact) mass is 428 g/mol. The Bertz CT molecular complexity index is 607. The summed E-state index contributed by atoms with van der Waals surface area (Å²) in [7, 11) is 1.00. The van der Waals surface area contributed by atoms with Gasteiger partial charge in [-0.3, -0.25) is 10.1 Å². The van der Waals surface area contributed by atoms with Gasteiger partial charge in [0.05, 0.1) is 26.4 Å². The zero-order chi connectivity index (χ0) is 20.8. The quantitative estimate of drug-likeness (QED) is 0.542. The molecule has 3 rings (SSSR count). The van der Waals surface area contributed by atoms with Gasteiger partial charge in [-0.25, -0.2) is 0 Å². The maximum absolute atomic E-state index is 11.8. The number of nitrogens with two attached hydrogens (primary N) is 1. The lowest BCUT2D eigenvalue weighted by atomic mass is 10.2. The van der Waals surface area contributed by atoms with Gasteiger partial charge in [-0.05, 0) is 36.6 Å². The second-order valence-corrected chi connectivity index (χ2v) is 6.47. The highest BCUT2D eigenvalue weighted by Gasteiger charge is 2.16. The van der Waals surface area contributed by atoms with E-state index in [9.17, 15) is 4.79 Å². The van der Waals surface area contributed by atoms with E-state index in [-0.39, 0.29) is 5.91 Å². The topological polar surface area (TPSA) is 100 Å². The summed E-state index contributed by atoms with van der Waals surface area (Å²) in [5.74, 6) is -0.165. The summed E-state index contributed by atoms with van der Waals surface area (Å²) in [4.78, 5) is 15.7. The molecule has 0 saturated carbocycles. The molecular formula is C18H28N4O4S2. The van der Waals surface area contributed by atoms with Crippen LogP contribution in [-0.4, -0.2) is 90.8 Å². The molecule has 0 aliphatic carbocycles. The fourth-order valence-electron chi connectivity index (χ4n) is 2.39. The number of carbonyl (C=O) groups is 1. The first-order valence-corrected chi connectivity index (χ1v) is 9.69. The number of rotatable bonds is 1. The Morgan fingerprint density at radius 1 is 0.964 bits per heavy atom. The number of hydrogen-bond acceptors (Lipinski definition) is 6. The SMILES string of the molecule is CO.NC(=S)N1CCOCC1.O=C(NC(=S)N1CCOCC1)c1ccccc1. The molecule has 2 fully saturated rings.